The van der Waals surface area contributed by atoms with Crippen LogP contribution in [0.3, 0.4) is 0 Å². The first kappa shape index (κ1) is 30.7. The Morgan fingerprint density at radius 2 is 1.04 bits per heavy atom. The summed E-state index contributed by atoms with van der Waals surface area (Å²) >= 11 is 1.79. The molecule has 8 aromatic carbocycles. The monoisotopic (exact) mass is 706 g/mol. The van der Waals surface area contributed by atoms with Crippen molar-refractivity contribution in [2.75, 3.05) is 0 Å². The Labute approximate surface area is 315 Å². The van der Waals surface area contributed by atoms with E-state index in [-0.39, 0.29) is 0 Å². The first-order valence-electron chi connectivity index (χ1n) is 18.1. The fraction of sp³-hybridized carbons (Fsp3) is 0. The van der Waals surface area contributed by atoms with E-state index in [1.165, 1.54) is 52.8 Å². The molecule has 0 aliphatic carbocycles. The van der Waals surface area contributed by atoms with Gasteiger partial charge in [-0.25, -0.2) is 15.0 Å². The molecule has 0 atom stereocenters. The van der Waals surface area contributed by atoms with Crippen LogP contribution >= 0.6 is 11.3 Å². The largest absolute Gasteiger partial charge is 0.309 e. The molecule has 0 fully saturated rings. The Balaban J connectivity index is 1.03. The predicted molar refractivity (Wildman–Crippen MR) is 226 cm³/mol. The third-order valence-corrected chi connectivity index (χ3v) is 11.7. The van der Waals surface area contributed by atoms with Crippen molar-refractivity contribution < 1.29 is 0 Å². The van der Waals surface area contributed by atoms with Crippen molar-refractivity contribution in [2.24, 2.45) is 0 Å². The van der Waals surface area contributed by atoms with Crippen LogP contribution in [0.1, 0.15) is 0 Å². The maximum absolute atomic E-state index is 5.17. The second-order valence-corrected chi connectivity index (χ2v) is 14.7. The minimum atomic E-state index is 0.646. The Morgan fingerprint density at radius 3 is 1.91 bits per heavy atom. The summed E-state index contributed by atoms with van der Waals surface area (Å²) in [5.41, 5.74) is 8.69. The van der Waals surface area contributed by atoms with Gasteiger partial charge in [-0.15, -0.1) is 11.3 Å². The Hall–Kier alpha value is -6.95. The van der Waals surface area contributed by atoms with Gasteiger partial charge < -0.3 is 4.57 Å². The number of thiophene rings is 1. The predicted octanol–water partition coefficient (Wildman–Crippen LogP) is 13.2. The SMILES string of the molecule is c1ccc(-c2nc(-c3cccc(-c4ccc(-n5c6ccccc6c6ccc7ccccc7c65)cc4)c3)nc(-c3cccc4c3sc3ccccc34)n2)cc1. The van der Waals surface area contributed by atoms with Gasteiger partial charge in [0, 0.05) is 58.7 Å². The van der Waals surface area contributed by atoms with E-state index < -0.39 is 0 Å². The highest BCUT2D eigenvalue weighted by Gasteiger charge is 2.18. The van der Waals surface area contributed by atoms with Gasteiger partial charge in [-0.1, -0.05) is 146 Å². The van der Waals surface area contributed by atoms with Crippen molar-refractivity contribution in [3.8, 4) is 51.0 Å². The minimum Gasteiger partial charge on any atom is -0.309 e. The van der Waals surface area contributed by atoms with Crippen LogP contribution < -0.4 is 0 Å². The maximum Gasteiger partial charge on any atom is 0.165 e. The molecule has 0 radical (unpaired) electrons. The number of rotatable bonds is 5. The van der Waals surface area contributed by atoms with Gasteiger partial charge in [0.05, 0.1) is 11.0 Å². The van der Waals surface area contributed by atoms with Crippen LogP contribution in [-0.2, 0) is 0 Å². The number of aromatic nitrogens is 4. The van der Waals surface area contributed by atoms with Crippen molar-refractivity contribution >= 4 is 64.1 Å². The minimum absolute atomic E-state index is 0.646. The molecule has 54 heavy (non-hydrogen) atoms. The van der Waals surface area contributed by atoms with E-state index in [1.54, 1.807) is 11.3 Å². The van der Waals surface area contributed by atoms with Crippen LogP contribution in [0.5, 0.6) is 0 Å². The Bertz CT molecular complexity index is 3210. The van der Waals surface area contributed by atoms with Crippen LogP contribution in [0.15, 0.2) is 182 Å². The summed E-state index contributed by atoms with van der Waals surface area (Å²) in [5.74, 6) is 1.97. The van der Waals surface area contributed by atoms with Crippen LogP contribution in [-0.4, -0.2) is 19.5 Å². The van der Waals surface area contributed by atoms with Gasteiger partial charge in [0.25, 0.3) is 0 Å². The van der Waals surface area contributed by atoms with Gasteiger partial charge in [0.2, 0.25) is 0 Å². The first-order valence-corrected chi connectivity index (χ1v) is 18.9. The van der Waals surface area contributed by atoms with Gasteiger partial charge in [0.15, 0.2) is 17.5 Å². The fourth-order valence-corrected chi connectivity index (χ4v) is 9.12. The number of benzene rings is 8. The topological polar surface area (TPSA) is 43.6 Å². The van der Waals surface area contributed by atoms with Crippen molar-refractivity contribution in [3.05, 3.63) is 182 Å². The normalized spacial score (nSPS) is 11.7. The highest BCUT2D eigenvalue weighted by molar-refractivity contribution is 7.26. The van der Waals surface area contributed by atoms with Crippen molar-refractivity contribution in [3.63, 3.8) is 0 Å². The summed E-state index contributed by atoms with van der Waals surface area (Å²) in [6.45, 7) is 0. The number of nitrogens with zero attached hydrogens (tertiary/aromatic N) is 4. The molecular formula is C49H30N4S. The maximum atomic E-state index is 5.17. The lowest BCUT2D eigenvalue weighted by Gasteiger charge is -2.12. The van der Waals surface area contributed by atoms with Crippen LogP contribution in [0.4, 0.5) is 0 Å². The zero-order valence-electron chi connectivity index (χ0n) is 29.0. The van der Waals surface area contributed by atoms with E-state index in [1.807, 2.05) is 18.2 Å². The third kappa shape index (κ3) is 4.94. The highest BCUT2D eigenvalue weighted by Crippen LogP contribution is 2.40. The van der Waals surface area contributed by atoms with E-state index in [2.05, 4.69) is 168 Å². The molecule has 0 N–H and O–H groups in total. The molecule has 4 nitrogen and oxygen atoms in total. The molecule has 3 aromatic heterocycles. The molecule has 0 amide bonds. The van der Waals surface area contributed by atoms with Gasteiger partial charge >= 0.3 is 0 Å². The van der Waals surface area contributed by atoms with E-state index >= 15 is 0 Å². The zero-order valence-corrected chi connectivity index (χ0v) is 29.8. The summed E-state index contributed by atoms with van der Waals surface area (Å²) in [6.07, 6.45) is 0. The van der Waals surface area contributed by atoms with Crippen molar-refractivity contribution in [1.29, 1.82) is 0 Å². The Kier molecular flexibility index (Phi) is 7.00. The number of fused-ring (bicyclic) bond motifs is 8. The summed E-state index contributed by atoms with van der Waals surface area (Å²) in [4.78, 5) is 15.3. The molecule has 252 valence electrons. The molecule has 0 spiro atoms. The van der Waals surface area contributed by atoms with Gasteiger partial charge in [-0.05, 0) is 52.9 Å². The lowest BCUT2D eigenvalue weighted by atomic mass is 10.0. The molecule has 0 saturated heterocycles. The van der Waals surface area contributed by atoms with E-state index in [4.69, 9.17) is 15.0 Å². The molecule has 0 aliphatic rings. The Morgan fingerprint density at radius 1 is 0.389 bits per heavy atom. The summed E-state index contributed by atoms with van der Waals surface area (Å²) in [7, 11) is 0. The van der Waals surface area contributed by atoms with Gasteiger partial charge in [-0.3, -0.25) is 0 Å². The average Bonchev–Trinajstić information content (AvgIpc) is 3.80. The molecule has 3 heterocycles. The van der Waals surface area contributed by atoms with Gasteiger partial charge in [-0.2, -0.15) is 0 Å². The smallest absolute Gasteiger partial charge is 0.165 e. The molecule has 5 heteroatoms. The summed E-state index contributed by atoms with van der Waals surface area (Å²) in [5, 5.41) is 7.47. The van der Waals surface area contributed by atoms with E-state index in [0.717, 1.165) is 33.5 Å². The molecule has 0 bridgehead atoms. The lowest BCUT2D eigenvalue weighted by Crippen LogP contribution is -2.00. The zero-order chi connectivity index (χ0) is 35.6. The second-order valence-electron chi connectivity index (χ2n) is 13.6. The fourth-order valence-electron chi connectivity index (χ4n) is 7.90. The summed E-state index contributed by atoms with van der Waals surface area (Å²) in [6, 6.07) is 64.4. The van der Waals surface area contributed by atoms with Crippen LogP contribution in [0, 0.1) is 0 Å². The van der Waals surface area contributed by atoms with E-state index in [9.17, 15) is 0 Å². The number of para-hydroxylation sites is 1. The quantitative estimate of drug-likeness (QED) is 0.179. The molecule has 11 aromatic rings. The van der Waals surface area contributed by atoms with Gasteiger partial charge in [0.1, 0.15) is 0 Å². The molecular weight excluding hydrogens is 677 g/mol. The first-order chi connectivity index (χ1) is 26.8. The average molecular weight is 707 g/mol. The van der Waals surface area contributed by atoms with Crippen LogP contribution in [0.2, 0.25) is 0 Å². The summed E-state index contributed by atoms with van der Waals surface area (Å²) < 4.78 is 4.84. The third-order valence-electron chi connectivity index (χ3n) is 10.5. The van der Waals surface area contributed by atoms with Crippen molar-refractivity contribution in [1.82, 2.24) is 19.5 Å². The molecule has 0 aliphatic heterocycles. The second kappa shape index (κ2) is 12.3. The molecule has 0 saturated carbocycles. The molecule has 0 unspecified atom stereocenters. The van der Waals surface area contributed by atoms with E-state index in [0.29, 0.717) is 17.5 Å². The standard InChI is InChI=1S/C49H30N4S/c1-2-13-33(14-3-1)47-50-48(52-49(51-47)42-21-11-20-41-39-19-7-9-23-44(39)54-46(41)42)35-16-10-15-34(30-35)31-24-27-36(28-25-31)53-43-22-8-6-18-38(43)40-29-26-32-12-4-5-17-37(32)45(40)53/h1-30H. The van der Waals surface area contributed by atoms with Crippen molar-refractivity contribution in [2.45, 2.75) is 0 Å². The molecule has 11 rings (SSSR count). The van der Waals surface area contributed by atoms with Crippen LogP contribution in [0.25, 0.3) is 104 Å². The number of hydrogen-bond acceptors (Lipinski definition) is 4. The highest BCUT2D eigenvalue weighted by atomic mass is 32.1. The lowest BCUT2D eigenvalue weighted by molar-refractivity contribution is 1.08. The number of hydrogen-bond donors (Lipinski definition) is 0.